The Hall–Kier alpha value is -3.48. The molecule has 1 aliphatic rings. The summed E-state index contributed by atoms with van der Waals surface area (Å²) in [7, 11) is 1.57. The lowest BCUT2D eigenvalue weighted by Crippen LogP contribution is -2.25. The summed E-state index contributed by atoms with van der Waals surface area (Å²) >= 11 is 0. The molecule has 0 saturated heterocycles. The summed E-state index contributed by atoms with van der Waals surface area (Å²) in [5, 5.41) is 11.2. The van der Waals surface area contributed by atoms with Gasteiger partial charge in [0.25, 0.3) is 0 Å². The van der Waals surface area contributed by atoms with Crippen molar-refractivity contribution in [1.29, 1.82) is 0 Å². The van der Waals surface area contributed by atoms with Crippen LogP contribution in [0, 0.1) is 0 Å². The standard InChI is InChI=1S/C22H24N4O3/c1-23-21(28)15-17-9-5-6-10-18(17)24-20(27)11-12-22(29)26-14-13-19(25-26)16-7-3-2-4-8-16/h2-10H,11-15H2,1H3,(H,23,28)(H,24,27). The van der Waals surface area contributed by atoms with Gasteiger partial charge in [0.05, 0.1) is 18.7 Å². The predicted molar refractivity (Wildman–Crippen MR) is 111 cm³/mol. The van der Waals surface area contributed by atoms with E-state index < -0.39 is 0 Å². The highest BCUT2D eigenvalue weighted by molar-refractivity contribution is 6.03. The molecule has 7 heteroatoms. The van der Waals surface area contributed by atoms with E-state index in [4.69, 9.17) is 0 Å². The zero-order valence-corrected chi connectivity index (χ0v) is 16.4. The fourth-order valence-electron chi connectivity index (χ4n) is 3.09. The van der Waals surface area contributed by atoms with Gasteiger partial charge in [0.2, 0.25) is 17.7 Å². The highest BCUT2D eigenvalue weighted by Crippen LogP contribution is 2.17. The first-order valence-electron chi connectivity index (χ1n) is 9.58. The highest BCUT2D eigenvalue weighted by atomic mass is 16.2. The first kappa shape index (κ1) is 20.3. The van der Waals surface area contributed by atoms with E-state index in [1.54, 1.807) is 25.2 Å². The quantitative estimate of drug-likeness (QED) is 0.758. The number of anilines is 1. The fraction of sp³-hybridized carbons (Fsp3) is 0.273. The monoisotopic (exact) mass is 392 g/mol. The number of hydrogen-bond donors (Lipinski definition) is 2. The van der Waals surface area contributed by atoms with E-state index in [2.05, 4.69) is 15.7 Å². The number of para-hydroxylation sites is 1. The molecule has 0 bridgehead atoms. The molecule has 2 aromatic carbocycles. The second kappa shape index (κ2) is 9.64. The van der Waals surface area contributed by atoms with E-state index in [9.17, 15) is 14.4 Å². The van der Waals surface area contributed by atoms with Crippen molar-refractivity contribution in [3.63, 3.8) is 0 Å². The molecule has 0 spiro atoms. The second-order valence-electron chi connectivity index (χ2n) is 6.73. The largest absolute Gasteiger partial charge is 0.359 e. The van der Waals surface area contributed by atoms with Crippen LogP contribution in [0.3, 0.4) is 0 Å². The zero-order valence-electron chi connectivity index (χ0n) is 16.4. The maximum Gasteiger partial charge on any atom is 0.243 e. The van der Waals surface area contributed by atoms with Gasteiger partial charge in [0, 0.05) is 32.0 Å². The van der Waals surface area contributed by atoms with Crippen molar-refractivity contribution < 1.29 is 14.4 Å². The van der Waals surface area contributed by atoms with Gasteiger partial charge in [-0.2, -0.15) is 5.10 Å². The first-order valence-corrected chi connectivity index (χ1v) is 9.58. The first-order chi connectivity index (χ1) is 14.1. The van der Waals surface area contributed by atoms with Crippen LogP contribution in [0.25, 0.3) is 0 Å². The van der Waals surface area contributed by atoms with Gasteiger partial charge < -0.3 is 10.6 Å². The molecule has 29 heavy (non-hydrogen) atoms. The molecular weight excluding hydrogens is 368 g/mol. The Morgan fingerprint density at radius 3 is 2.45 bits per heavy atom. The van der Waals surface area contributed by atoms with Crippen LogP contribution in [-0.2, 0) is 20.8 Å². The molecule has 0 fully saturated rings. The number of nitrogens with one attached hydrogen (secondary N) is 2. The minimum Gasteiger partial charge on any atom is -0.359 e. The van der Waals surface area contributed by atoms with E-state index in [0.29, 0.717) is 18.7 Å². The minimum atomic E-state index is -0.269. The van der Waals surface area contributed by atoms with Crippen LogP contribution in [0.5, 0.6) is 0 Å². The van der Waals surface area contributed by atoms with Crippen molar-refractivity contribution in [2.75, 3.05) is 18.9 Å². The van der Waals surface area contributed by atoms with Crippen molar-refractivity contribution in [3.8, 4) is 0 Å². The third-order valence-electron chi connectivity index (χ3n) is 4.68. The predicted octanol–water partition coefficient (Wildman–Crippen LogP) is 2.33. The van der Waals surface area contributed by atoms with Gasteiger partial charge in [-0.25, -0.2) is 5.01 Å². The number of hydrogen-bond acceptors (Lipinski definition) is 4. The van der Waals surface area contributed by atoms with E-state index in [-0.39, 0.29) is 37.0 Å². The second-order valence-corrected chi connectivity index (χ2v) is 6.73. The number of benzene rings is 2. The third kappa shape index (κ3) is 5.51. The Kier molecular flexibility index (Phi) is 6.73. The Balaban J connectivity index is 1.53. The van der Waals surface area contributed by atoms with Crippen LogP contribution >= 0.6 is 0 Å². The van der Waals surface area contributed by atoms with Crippen molar-refractivity contribution in [2.45, 2.75) is 25.7 Å². The molecule has 0 aromatic heterocycles. The Bertz CT molecular complexity index is 925. The van der Waals surface area contributed by atoms with Crippen molar-refractivity contribution in [3.05, 3.63) is 65.7 Å². The van der Waals surface area contributed by atoms with E-state index >= 15 is 0 Å². The van der Waals surface area contributed by atoms with Crippen LogP contribution in [0.15, 0.2) is 59.7 Å². The SMILES string of the molecule is CNC(=O)Cc1ccccc1NC(=O)CCC(=O)N1CCC(c2ccccc2)=N1. The molecule has 3 amide bonds. The Labute approximate surface area is 169 Å². The number of likely N-dealkylation sites (N-methyl/N-ethyl adjacent to an activating group) is 1. The average molecular weight is 392 g/mol. The van der Waals surface area contributed by atoms with E-state index in [0.717, 1.165) is 16.8 Å². The summed E-state index contributed by atoms with van der Waals surface area (Å²) < 4.78 is 0. The van der Waals surface area contributed by atoms with Crippen molar-refractivity contribution in [2.24, 2.45) is 5.10 Å². The van der Waals surface area contributed by atoms with Gasteiger partial charge in [0.15, 0.2) is 0 Å². The molecule has 7 nitrogen and oxygen atoms in total. The molecule has 1 heterocycles. The summed E-state index contributed by atoms with van der Waals surface area (Å²) in [5.41, 5.74) is 3.20. The molecule has 3 rings (SSSR count). The topological polar surface area (TPSA) is 90.9 Å². The lowest BCUT2D eigenvalue weighted by Gasteiger charge is -2.12. The van der Waals surface area contributed by atoms with Crippen LogP contribution < -0.4 is 10.6 Å². The number of carbonyl (C=O) groups excluding carboxylic acids is 3. The van der Waals surface area contributed by atoms with E-state index in [1.807, 2.05) is 36.4 Å². The summed E-state index contributed by atoms with van der Waals surface area (Å²) in [6, 6.07) is 16.9. The smallest absolute Gasteiger partial charge is 0.243 e. The van der Waals surface area contributed by atoms with Crippen LogP contribution in [0.4, 0.5) is 5.69 Å². The lowest BCUT2D eigenvalue weighted by atomic mass is 10.1. The highest BCUT2D eigenvalue weighted by Gasteiger charge is 2.22. The number of amides is 3. The number of rotatable bonds is 7. The molecule has 0 atom stereocenters. The summed E-state index contributed by atoms with van der Waals surface area (Å²) in [4.78, 5) is 36.3. The molecule has 0 aliphatic carbocycles. The molecule has 0 saturated carbocycles. The minimum absolute atomic E-state index is 0.0554. The van der Waals surface area contributed by atoms with Crippen LogP contribution in [0.1, 0.15) is 30.4 Å². The van der Waals surface area contributed by atoms with E-state index in [1.165, 1.54) is 5.01 Å². The molecule has 2 N–H and O–H groups in total. The van der Waals surface area contributed by atoms with Crippen molar-refractivity contribution in [1.82, 2.24) is 10.3 Å². The van der Waals surface area contributed by atoms with Gasteiger partial charge >= 0.3 is 0 Å². The van der Waals surface area contributed by atoms with Gasteiger partial charge in [-0.1, -0.05) is 48.5 Å². The average Bonchev–Trinajstić information content (AvgIpc) is 3.24. The molecular formula is C22H24N4O3. The fourth-order valence-corrected chi connectivity index (χ4v) is 3.09. The summed E-state index contributed by atoms with van der Waals surface area (Å²) in [5.74, 6) is -0.582. The Morgan fingerprint density at radius 1 is 0.966 bits per heavy atom. The molecule has 1 aliphatic heterocycles. The molecule has 150 valence electrons. The van der Waals surface area contributed by atoms with Crippen LogP contribution in [0.2, 0.25) is 0 Å². The van der Waals surface area contributed by atoms with Gasteiger partial charge in [-0.05, 0) is 17.2 Å². The Morgan fingerprint density at radius 2 is 1.69 bits per heavy atom. The molecule has 0 unspecified atom stereocenters. The van der Waals surface area contributed by atoms with Crippen LogP contribution in [-0.4, -0.2) is 42.0 Å². The van der Waals surface area contributed by atoms with Gasteiger partial charge in [-0.3, -0.25) is 14.4 Å². The molecule has 2 aromatic rings. The number of hydrazone groups is 1. The molecule has 0 radical (unpaired) electrons. The number of carbonyl (C=O) groups is 3. The maximum atomic E-state index is 12.4. The number of nitrogens with zero attached hydrogens (tertiary/aromatic N) is 2. The van der Waals surface area contributed by atoms with Gasteiger partial charge in [-0.15, -0.1) is 0 Å². The summed E-state index contributed by atoms with van der Waals surface area (Å²) in [6.45, 7) is 0.527. The third-order valence-corrected chi connectivity index (χ3v) is 4.68. The van der Waals surface area contributed by atoms with Gasteiger partial charge in [0.1, 0.15) is 0 Å². The van der Waals surface area contributed by atoms with Crippen molar-refractivity contribution >= 4 is 29.1 Å². The maximum absolute atomic E-state index is 12.4. The zero-order chi connectivity index (χ0) is 20.6. The lowest BCUT2D eigenvalue weighted by molar-refractivity contribution is -0.132. The normalized spacial score (nSPS) is 13.0. The summed E-state index contributed by atoms with van der Waals surface area (Å²) in [6.07, 6.45) is 1.01.